The van der Waals surface area contributed by atoms with Gasteiger partial charge in [-0.25, -0.2) is 0 Å². The Hall–Kier alpha value is -1.59. The molecule has 5 heteroatoms. The second-order valence-electron chi connectivity index (χ2n) is 3.41. The summed E-state index contributed by atoms with van der Waals surface area (Å²) in [6.07, 6.45) is 0. The molecule has 17 heavy (non-hydrogen) atoms. The van der Waals surface area contributed by atoms with E-state index in [9.17, 15) is 4.79 Å². The van der Waals surface area contributed by atoms with Crippen LogP contribution in [0, 0.1) is 0 Å². The van der Waals surface area contributed by atoms with Gasteiger partial charge in [-0.15, -0.1) is 0 Å². The molecule has 0 bridgehead atoms. The topological polar surface area (TPSA) is 70.8 Å². The predicted octanol–water partition coefficient (Wildman–Crippen LogP) is 0.885. The van der Waals surface area contributed by atoms with Gasteiger partial charge in [0.05, 0.1) is 13.7 Å². The van der Waals surface area contributed by atoms with E-state index in [0.717, 1.165) is 0 Å². The Balaban J connectivity index is 2.58. The summed E-state index contributed by atoms with van der Waals surface area (Å²) in [7, 11) is 2.92. The molecule has 0 amide bonds. The van der Waals surface area contributed by atoms with E-state index in [4.69, 9.17) is 15.2 Å². The molecule has 0 saturated heterocycles. The Morgan fingerprint density at radius 2 is 1.88 bits per heavy atom. The summed E-state index contributed by atoms with van der Waals surface area (Å²) in [4.78, 5) is 11.2. The van der Waals surface area contributed by atoms with Crippen LogP contribution in [0.15, 0.2) is 24.3 Å². The van der Waals surface area contributed by atoms with E-state index in [2.05, 4.69) is 4.74 Å². The van der Waals surface area contributed by atoms with Gasteiger partial charge < -0.3 is 19.9 Å². The van der Waals surface area contributed by atoms with E-state index in [1.54, 1.807) is 31.4 Å². The van der Waals surface area contributed by atoms with E-state index < -0.39 is 12.0 Å². The first-order chi connectivity index (χ1) is 8.19. The first-order valence-electron chi connectivity index (χ1n) is 5.24. The molecule has 5 nitrogen and oxygen atoms in total. The van der Waals surface area contributed by atoms with Crippen LogP contribution in [-0.2, 0) is 14.3 Å². The molecule has 0 spiro atoms. The van der Waals surface area contributed by atoms with Gasteiger partial charge in [-0.2, -0.15) is 0 Å². The van der Waals surface area contributed by atoms with Crippen molar-refractivity contribution in [2.45, 2.75) is 6.04 Å². The fourth-order valence-corrected chi connectivity index (χ4v) is 1.28. The predicted molar refractivity (Wildman–Crippen MR) is 62.8 cm³/mol. The highest BCUT2D eigenvalue weighted by atomic mass is 16.5. The molecular weight excluding hydrogens is 222 g/mol. The van der Waals surface area contributed by atoms with Gasteiger partial charge in [0.15, 0.2) is 0 Å². The van der Waals surface area contributed by atoms with Crippen molar-refractivity contribution in [3.63, 3.8) is 0 Å². The minimum atomic E-state index is -0.756. The van der Waals surface area contributed by atoms with Crippen LogP contribution in [-0.4, -0.2) is 33.4 Å². The van der Waals surface area contributed by atoms with Crippen LogP contribution in [0.2, 0.25) is 0 Å². The van der Waals surface area contributed by atoms with E-state index in [1.165, 1.54) is 7.11 Å². The van der Waals surface area contributed by atoms with Crippen molar-refractivity contribution < 1.29 is 19.0 Å². The van der Waals surface area contributed by atoms with Gasteiger partial charge in [-0.05, 0) is 17.7 Å². The number of rotatable bonds is 6. The number of methoxy groups -OCH3 is 2. The lowest BCUT2D eigenvalue weighted by Gasteiger charge is -2.10. The SMILES string of the molecule is COCCOc1ccc(C(N)C(=O)OC)cc1. The zero-order chi connectivity index (χ0) is 12.7. The first-order valence-corrected chi connectivity index (χ1v) is 5.24. The average Bonchev–Trinajstić information content (AvgIpc) is 2.38. The number of carbonyl (C=O) groups is 1. The summed E-state index contributed by atoms with van der Waals surface area (Å²) in [5, 5.41) is 0. The van der Waals surface area contributed by atoms with Crippen LogP contribution in [0.25, 0.3) is 0 Å². The van der Waals surface area contributed by atoms with Gasteiger partial charge in [0.2, 0.25) is 0 Å². The van der Waals surface area contributed by atoms with Crippen molar-refractivity contribution in [2.75, 3.05) is 27.4 Å². The molecule has 94 valence electrons. The fraction of sp³-hybridized carbons (Fsp3) is 0.417. The number of hydrogen-bond donors (Lipinski definition) is 1. The number of carbonyl (C=O) groups excluding carboxylic acids is 1. The first kappa shape index (κ1) is 13.5. The summed E-state index contributed by atoms with van der Waals surface area (Å²) in [5.74, 6) is 0.251. The Labute approximate surface area is 100 Å². The van der Waals surface area contributed by atoms with Crippen molar-refractivity contribution in [3.05, 3.63) is 29.8 Å². The van der Waals surface area contributed by atoms with Gasteiger partial charge in [0, 0.05) is 7.11 Å². The van der Waals surface area contributed by atoms with Crippen LogP contribution < -0.4 is 10.5 Å². The maximum absolute atomic E-state index is 11.2. The fourth-order valence-electron chi connectivity index (χ4n) is 1.28. The molecule has 0 aliphatic heterocycles. The second-order valence-corrected chi connectivity index (χ2v) is 3.41. The van der Waals surface area contributed by atoms with Crippen LogP contribution in [0.3, 0.4) is 0 Å². The molecule has 1 atom stereocenters. The van der Waals surface area contributed by atoms with E-state index in [1.807, 2.05) is 0 Å². The average molecular weight is 239 g/mol. The van der Waals surface area contributed by atoms with E-state index >= 15 is 0 Å². The monoisotopic (exact) mass is 239 g/mol. The van der Waals surface area contributed by atoms with E-state index in [0.29, 0.717) is 24.5 Å². The van der Waals surface area contributed by atoms with E-state index in [-0.39, 0.29) is 0 Å². The summed E-state index contributed by atoms with van der Waals surface area (Å²) < 4.78 is 14.8. The smallest absolute Gasteiger partial charge is 0.327 e. The number of ether oxygens (including phenoxy) is 3. The summed E-state index contributed by atoms with van der Waals surface area (Å²) >= 11 is 0. The second kappa shape index (κ2) is 6.88. The Morgan fingerprint density at radius 3 is 2.41 bits per heavy atom. The Morgan fingerprint density at radius 1 is 1.24 bits per heavy atom. The van der Waals surface area contributed by atoms with Gasteiger partial charge in [-0.1, -0.05) is 12.1 Å². The van der Waals surface area contributed by atoms with Crippen molar-refractivity contribution in [2.24, 2.45) is 5.73 Å². The maximum atomic E-state index is 11.2. The third kappa shape index (κ3) is 4.05. The normalized spacial score (nSPS) is 11.9. The minimum Gasteiger partial charge on any atom is -0.491 e. The van der Waals surface area contributed by atoms with Crippen LogP contribution >= 0.6 is 0 Å². The molecular formula is C12H17NO4. The highest BCUT2D eigenvalue weighted by molar-refractivity contribution is 5.77. The van der Waals surface area contributed by atoms with Crippen molar-refractivity contribution in [3.8, 4) is 5.75 Å². The third-order valence-corrected chi connectivity index (χ3v) is 2.25. The van der Waals surface area contributed by atoms with Gasteiger partial charge in [-0.3, -0.25) is 4.79 Å². The molecule has 1 aromatic rings. The zero-order valence-electron chi connectivity index (χ0n) is 10.0. The molecule has 0 aliphatic rings. The quantitative estimate of drug-likeness (QED) is 0.589. The number of benzene rings is 1. The summed E-state index contributed by atoms with van der Waals surface area (Å²) in [6, 6.07) is 6.24. The number of hydrogen-bond acceptors (Lipinski definition) is 5. The lowest BCUT2D eigenvalue weighted by Crippen LogP contribution is -2.22. The van der Waals surface area contributed by atoms with Crippen LogP contribution in [0.4, 0.5) is 0 Å². The molecule has 2 N–H and O–H groups in total. The summed E-state index contributed by atoms with van der Waals surface area (Å²) in [5.41, 5.74) is 6.38. The van der Waals surface area contributed by atoms with Crippen LogP contribution in [0.1, 0.15) is 11.6 Å². The molecule has 0 saturated carbocycles. The highest BCUT2D eigenvalue weighted by Gasteiger charge is 2.15. The highest BCUT2D eigenvalue weighted by Crippen LogP contribution is 2.17. The minimum absolute atomic E-state index is 0.460. The standard InChI is InChI=1S/C12H17NO4/c1-15-7-8-17-10-5-3-9(4-6-10)11(13)12(14)16-2/h3-6,11H,7-8,13H2,1-2H3. The van der Waals surface area contributed by atoms with Crippen molar-refractivity contribution in [1.29, 1.82) is 0 Å². The maximum Gasteiger partial charge on any atom is 0.327 e. The van der Waals surface area contributed by atoms with Gasteiger partial charge in [0.1, 0.15) is 18.4 Å². The molecule has 0 heterocycles. The van der Waals surface area contributed by atoms with Crippen molar-refractivity contribution in [1.82, 2.24) is 0 Å². The number of nitrogens with two attached hydrogens (primary N) is 1. The Kier molecular flexibility index (Phi) is 5.45. The van der Waals surface area contributed by atoms with Gasteiger partial charge >= 0.3 is 5.97 Å². The molecule has 0 radical (unpaired) electrons. The van der Waals surface area contributed by atoms with Crippen molar-refractivity contribution >= 4 is 5.97 Å². The molecule has 0 aliphatic carbocycles. The summed E-state index contributed by atoms with van der Waals surface area (Å²) in [6.45, 7) is 1.02. The largest absolute Gasteiger partial charge is 0.491 e. The number of esters is 1. The Bertz CT molecular complexity index is 350. The molecule has 1 unspecified atom stereocenters. The molecule has 0 aromatic heterocycles. The van der Waals surface area contributed by atoms with Crippen LogP contribution in [0.5, 0.6) is 5.75 Å². The molecule has 1 aromatic carbocycles. The molecule has 0 fully saturated rings. The lowest BCUT2D eigenvalue weighted by atomic mass is 10.1. The lowest BCUT2D eigenvalue weighted by molar-refractivity contribution is -0.142. The third-order valence-electron chi connectivity index (χ3n) is 2.25. The van der Waals surface area contributed by atoms with Gasteiger partial charge in [0.25, 0.3) is 0 Å². The molecule has 1 rings (SSSR count). The zero-order valence-corrected chi connectivity index (χ0v) is 10.0.